The molecule has 0 fully saturated rings. The Bertz CT molecular complexity index is 832. The summed E-state index contributed by atoms with van der Waals surface area (Å²) in [5.41, 5.74) is 6.55. The molecule has 0 amide bonds. The molecule has 0 radical (unpaired) electrons. The molecule has 0 atom stereocenters. The van der Waals surface area contributed by atoms with E-state index in [1.165, 1.54) is 16.7 Å². The first-order valence-corrected chi connectivity index (χ1v) is 10.9. The van der Waals surface area contributed by atoms with Crippen molar-refractivity contribution in [3.05, 3.63) is 69.8 Å². The fourth-order valence-electron chi connectivity index (χ4n) is 3.93. The van der Waals surface area contributed by atoms with Crippen molar-refractivity contribution in [3.8, 4) is 5.75 Å². The largest absolute Gasteiger partial charge is 0.507 e. The normalized spacial score (nSPS) is 11.3. The van der Waals surface area contributed by atoms with E-state index in [-0.39, 0.29) is 11.2 Å². The summed E-state index contributed by atoms with van der Waals surface area (Å²) < 4.78 is 0. The predicted molar refractivity (Wildman–Crippen MR) is 126 cm³/mol. The standard InChI is InChI=1S/C25H32O2.C2H6/c1-7-23(26)13-11-20-10-12-21(14-17(20)4)25(8-2,9-3)22-15-18(5)24(27)19(6)16-22;1-2/h10-16,27H,7-9H2,1-6H3;1-2H3/b13-11+;. The topological polar surface area (TPSA) is 37.3 Å². The van der Waals surface area contributed by atoms with Crippen molar-refractivity contribution in [3.63, 3.8) is 0 Å². The fourth-order valence-corrected chi connectivity index (χ4v) is 3.93. The Kier molecular flexibility index (Phi) is 9.36. The van der Waals surface area contributed by atoms with Crippen LogP contribution in [0, 0.1) is 20.8 Å². The second kappa shape index (κ2) is 11.0. The maximum absolute atomic E-state index is 11.6. The molecule has 2 aromatic rings. The molecular formula is C27H38O2. The van der Waals surface area contributed by atoms with Crippen LogP contribution in [0.2, 0.25) is 0 Å². The second-order valence-corrected chi connectivity index (χ2v) is 7.47. The van der Waals surface area contributed by atoms with E-state index >= 15 is 0 Å². The molecule has 0 heterocycles. The van der Waals surface area contributed by atoms with Crippen LogP contribution in [0.15, 0.2) is 36.4 Å². The average molecular weight is 395 g/mol. The zero-order chi connectivity index (χ0) is 22.2. The van der Waals surface area contributed by atoms with Gasteiger partial charge in [0.2, 0.25) is 0 Å². The van der Waals surface area contributed by atoms with E-state index in [0.29, 0.717) is 12.2 Å². The van der Waals surface area contributed by atoms with Gasteiger partial charge in [0.15, 0.2) is 5.78 Å². The van der Waals surface area contributed by atoms with Crippen LogP contribution in [0.25, 0.3) is 6.08 Å². The number of phenols is 1. The summed E-state index contributed by atoms with van der Waals surface area (Å²) in [5.74, 6) is 0.530. The lowest BCUT2D eigenvalue weighted by Crippen LogP contribution is -2.26. The molecule has 0 aliphatic carbocycles. The van der Waals surface area contributed by atoms with Crippen molar-refractivity contribution < 1.29 is 9.90 Å². The molecule has 0 unspecified atom stereocenters. The molecule has 0 aliphatic heterocycles. The maximum atomic E-state index is 11.6. The lowest BCUT2D eigenvalue weighted by molar-refractivity contribution is -0.114. The van der Waals surface area contributed by atoms with E-state index in [1.807, 2.05) is 40.7 Å². The van der Waals surface area contributed by atoms with E-state index in [1.54, 1.807) is 6.08 Å². The zero-order valence-electron chi connectivity index (χ0n) is 19.5. The lowest BCUT2D eigenvalue weighted by Gasteiger charge is -2.34. The second-order valence-electron chi connectivity index (χ2n) is 7.47. The van der Waals surface area contributed by atoms with E-state index in [9.17, 15) is 9.90 Å². The zero-order valence-corrected chi connectivity index (χ0v) is 19.5. The van der Waals surface area contributed by atoms with Gasteiger partial charge in [-0.3, -0.25) is 4.79 Å². The highest BCUT2D eigenvalue weighted by Crippen LogP contribution is 2.41. The number of rotatable bonds is 7. The van der Waals surface area contributed by atoms with Gasteiger partial charge in [-0.1, -0.05) is 71.0 Å². The van der Waals surface area contributed by atoms with Gasteiger partial charge in [0.25, 0.3) is 0 Å². The van der Waals surface area contributed by atoms with Crippen molar-refractivity contribution >= 4 is 11.9 Å². The third kappa shape index (κ3) is 5.38. The van der Waals surface area contributed by atoms with Crippen molar-refractivity contribution in [2.45, 2.75) is 80.1 Å². The number of carbonyl (C=O) groups excluding carboxylic acids is 1. The maximum Gasteiger partial charge on any atom is 0.155 e. The fraction of sp³-hybridized carbons (Fsp3) is 0.444. The van der Waals surface area contributed by atoms with E-state index in [4.69, 9.17) is 0 Å². The number of carbonyl (C=O) groups is 1. The van der Waals surface area contributed by atoms with Crippen LogP contribution in [0.4, 0.5) is 0 Å². The Morgan fingerprint density at radius 3 is 1.86 bits per heavy atom. The van der Waals surface area contributed by atoms with Gasteiger partial charge < -0.3 is 5.11 Å². The molecule has 0 aromatic heterocycles. The van der Waals surface area contributed by atoms with Crippen molar-refractivity contribution in [1.82, 2.24) is 0 Å². The molecule has 0 spiro atoms. The highest BCUT2D eigenvalue weighted by Gasteiger charge is 2.31. The first-order valence-electron chi connectivity index (χ1n) is 10.9. The Morgan fingerprint density at radius 1 is 0.897 bits per heavy atom. The van der Waals surface area contributed by atoms with Crippen LogP contribution in [-0.2, 0) is 10.2 Å². The van der Waals surface area contributed by atoms with Crippen LogP contribution in [0.1, 0.15) is 87.3 Å². The Morgan fingerprint density at radius 2 is 1.41 bits per heavy atom. The van der Waals surface area contributed by atoms with Crippen LogP contribution < -0.4 is 0 Å². The van der Waals surface area contributed by atoms with Gasteiger partial charge in [0.05, 0.1) is 0 Å². The van der Waals surface area contributed by atoms with E-state index in [2.05, 4.69) is 51.1 Å². The first kappa shape index (κ1) is 24.7. The summed E-state index contributed by atoms with van der Waals surface area (Å²) in [4.78, 5) is 11.6. The van der Waals surface area contributed by atoms with Crippen LogP contribution in [-0.4, -0.2) is 10.9 Å². The molecule has 2 nitrogen and oxygen atoms in total. The summed E-state index contributed by atoms with van der Waals surface area (Å²) in [7, 11) is 0. The minimum atomic E-state index is -0.0878. The van der Waals surface area contributed by atoms with E-state index in [0.717, 1.165) is 29.5 Å². The molecule has 158 valence electrons. The van der Waals surface area contributed by atoms with Crippen LogP contribution in [0.3, 0.4) is 0 Å². The molecule has 1 N–H and O–H groups in total. The Hall–Kier alpha value is -2.35. The molecule has 0 aliphatic rings. The molecular weight excluding hydrogens is 356 g/mol. The number of hydrogen-bond donors (Lipinski definition) is 1. The smallest absolute Gasteiger partial charge is 0.155 e. The number of hydrogen-bond acceptors (Lipinski definition) is 2. The van der Waals surface area contributed by atoms with Crippen molar-refractivity contribution in [1.29, 1.82) is 0 Å². The Labute approximate surface area is 177 Å². The Balaban J connectivity index is 0.00000204. The molecule has 2 heteroatoms. The van der Waals surface area contributed by atoms with Crippen LogP contribution in [0.5, 0.6) is 5.75 Å². The molecule has 2 aromatic carbocycles. The molecule has 0 saturated heterocycles. The predicted octanol–water partition coefficient (Wildman–Crippen LogP) is 7.44. The van der Waals surface area contributed by atoms with Crippen LogP contribution >= 0.6 is 0 Å². The van der Waals surface area contributed by atoms with Crippen molar-refractivity contribution in [2.75, 3.05) is 0 Å². The third-order valence-electron chi connectivity index (χ3n) is 5.87. The summed E-state index contributed by atoms with van der Waals surface area (Å²) in [6.07, 6.45) is 6.08. The summed E-state index contributed by atoms with van der Waals surface area (Å²) in [5, 5.41) is 10.2. The molecule has 2 rings (SSSR count). The van der Waals surface area contributed by atoms with Gasteiger partial charge in [-0.05, 0) is 73.1 Å². The lowest BCUT2D eigenvalue weighted by atomic mass is 9.69. The summed E-state index contributed by atoms with van der Waals surface area (Å²) in [6, 6.07) is 10.8. The number of aromatic hydroxyl groups is 1. The average Bonchev–Trinajstić information content (AvgIpc) is 2.73. The molecule has 29 heavy (non-hydrogen) atoms. The SMILES string of the molecule is CC.CCC(=O)/C=C/c1ccc(C(CC)(CC)c2cc(C)c(O)c(C)c2)cc1C. The van der Waals surface area contributed by atoms with Gasteiger partial charge in [0, 0.05) is 11.8 Å². The van der Waals surface area contributed by atoms with Gasteiger partial charge in [0.1, 0.15) is 5.75 Å². The number of benzene rings is 2. The van der Waals surface area contributed by atoms with Gasteiger partial charge in [-0.15, -0.1) is 0 Å². The number of aryl methyl sites for hydroxylation is 3. The van der Waals surface area contributed by atoms with Gasteiger partial charge in [-0.25, -0.2) is 0 Å². The first-order chi connectivity index (χ1) is 13.8. The summed E-state index contributed by atoms with van der Waals surface area (Å²) >= 11 is 0. The molecule has 0 saturated carbocycles. The monoisotopic (exact) mass is 394 g/mol. The minimum Gasteiger partial charge on any atom is -0.507 e. The highest BCUT2D eigenvalue weighted by atomic mass is 16.3. The summed E-state index contributed by atoms with van der Waals surface area (Å²) in [6.45, 7) is 16.4. The van der Waals surface area contributed by atoms with Gasteiger partial charge >= 0.3 is 0 Å². The number of allylic oxidation sites excluding steroid dienone is 1. The molecule has 0 bridgehead atoms. The number of ketones is 1. The highest BCUT2D eigenvalue weighted by molar-refractivity contribution is 5.93. The third-order valence-corrected chi connectivity index (χ3v) is 5.87. The minimum absolute atomic E-state index is 0.0878. The number of phenolic OH excluding ortho intramolecular Hbond substituents is 1. The van der Waals surface area contributed by atoms with Crippen molar-refractivity contribution in [2.24, 2.45) is 0 Å². The quantitative estimate of drug-likeness (QED) is 0.495. The van der Waals surface area contributed by atoms with E-state index < -0.39 is 0 Å². The van der Waals surface area contributed by atoms with Gasteiger partial charge in [-0.2, -0.15) is 0 Å².